The first-order valence-corrected chi connectivity index (χ1v) is 15.5. The third kappa shape index (κ3) is 11.1. The van der Waals surface area contributed by atoms with E-state index in [0.717, 1.165) is 16.7 Å². The van der Waals surface area contributed by atoms with Crippen LogP contribution in [0.15, 0.2) is 54.6 Å². The first kappa shape index (κ1) is 37.6. The second-order valence-electron chi connectivity index (χ2n) is 13.3. The van der Waals surface area contributed by atoms with Gasteiger partial charge in [-0.25, -0.2) is 4.79 Å². The molecule has 0 bridgehead atoms. The molecule has 5 N–H and O–H groups in total. The molecule has 0 radical (unpaired) electrons. The fourth-order valence-electron chi connectivity index (χ4n) is 4.54. The highest BCUT2D eigenvalue weighted by Gasteiger charge is 2.36. The van der Waals surface area contributed by atoms with Gasteiger partial charge in [-0.2, -0.15) is 0 Å². The molecule has 11 heteroatoms. The molecule has 0 fully saturated rings. The van der Waals surface area contributed by atoms with E-state index in [4.69, 9.17) is 0 Å². The number of aliphatic carboxylic acids is 1. The van der Waals surface area contributed by atoms with Crippen molar-refractivity contribution >= 4 is 35.4 Å². The minimum Gasteiger partial charge on any atom is -0.480 e. The summed E-state index contributed by atoms with van der Waals surface area (Å²) in [5, 5.41) is 19.5. The number of carboxylic acids is 1. The Morgan fingerprint density at radius 1 is 0.761 bits per heavy atom. The topological polar surface area (TPSA) is 171 Å². The lowest BCUT2D eigenvalue weighted by Gasteiger charge is -2.28. The molecular formula is C35H48N4O7. The highest BCUT2D eigenvalue weighted by atomic mass is 16.4. The molecule has 2 rings (SSSR count). The summed E-state index contributed by atoms with van der Waals surface area (Å²) in [5.41, 5.74) is 0.978. The van der Waals surface area contributed by atoms with E-state index in [1.54, 1.807) is 26.0 Å². The van der Waals surface area contributed by atoms with E-state index < -0.39 is 59.1 Å². The van der Waals surface area contributed by atoms with Crippen LogP contribution in [0.1, 0.15) is 78.5 Å². The number of ketones is 1. The summed E-state index contributed by atoms with van der Waals surface area (Å²) in [6.45, 7) is 13.7. The van der Waals surface area contributed by atoms with Crippen LogP contribution in [-0.2, 0) is 47.0 Å². The molecule has 0 saturated heterocycles. The summed E-state index contributed by atoms with van der Waals surface area (Å²) in [6, 6.07) is 13.2. The van der Waals surface area contributed by atoms with E-state index in [2.05, 4.69) is 42.0 Å². The van der Waals surface area contributed by atoms with E-state index in [1.807, 2.05) is 42.5 Å². The fourth-order valence-corrected chi connectivity index (χ4v) is 4.54. The van der Waals surface area contributed by atoms with E-state index in [9.17, 15) is 33.9 Å². The Balaban J connectivity index is 2.20. The highest BCUT2D eigenvalue weighted by Crippen LogP contribution is 2.22. The SMILES string of the molecule is CCC(C)C(NC(=O)C(=O)C(C)NC(=O)C(Cc1ccc(C(C)(C)C)cc1)NC(=O)Cc1ccccc1)C(=O)NC(C)(C)C(=O)O. The zero-order valence-electron chi connectivity index (χ0n) is 28.0. The van der Waals surface area contributed by atoms with Gasteiger partial charge in [0.1, 0.15) is 17.6 Å². The van der Waals surface area contributed by atoms with Crippen molar-refractivity contribution in [1.29, 1.82) is 0 Å². The van der Waals surface area contributed by atoms with Crippen molar-refractivity contribution in [2.45, 2.75) is 104 Å². The van der Waals surface area contributed by atoms with Crippen LogP contribution in [0.5, 0.6) is 0 Å². The van der Waals surface area contributed by atoms with E-state index in [-0.39, 0.29) is 24.2 Å². The third-order valence-electron chi connectivity index (χ3n) is 7.85. The quantitative estimate of drug-likeness (QED) is 0.187. The number of rotatable bonds is 15. The molecule has 0 heterocycles. The largest absolute Gasteiger partial charge is 0.480 e. The maximum absolute atomic E-state index is 13.5. The fraction of sp³-hybridized carbons (Fsp3) is 0.486. The molecule has 0 spiro atoms. The Bertz CT molecular complexity index is 1400. The molecule has 0 aliphatic rings. The van der Waals surface area contributed by atoms with Crippen molar-refractivity contribution in [3.05, 3.63) is 71.3 Å². The highest BCUT2D eigenvalue weighted by molar-refractivity contribution is 6.38. The van der Waals surface area contributed by atoms with Gasteiger partial charge in [-0.1, -0.05) is 95.6 Å². The van der Waals surface area contributed by atoms with Crippen LogP contribution in [0.3, 0.4) is 0 Å². The Morgan fingerprint density at radius 2 is 1.35 bits per heavy atom. The number of carbonyl (C=O) groups is 6. The lowest BCUT2D eigenvalue weighted by molar-refractivity contribution is -0.147. The van der Waals surface area contributed by atoms with Crippen molar-refractivity contribution in [1.82, 2.24) is 21.3 Å². The molecule has 11 nitrogen and oxygen atoms in total. The zero-order chi connectivity index (χ0) is 34.8. The van der Waals surface area contributed by atoms with Crippen LogP contribution >= 0.6 is 0 Å². The van der Waals surface area contributed by atoms with Crippen LogP contribution in [0, 0.1) is 5.92 Å². The minimum absolute atomic E-state index is 0.0439. The zero-order valence-corrected chi connectivity index (χ0v) is 28.0. The second kappa shape index (κ2) is 16.1. The molecule has 4 unspecified atom stereocenters. The summed E-state index contributed by atoms with van der Waals surface area (Å²) in [4.78, 5) is 76.9. The average Bonchev–Trinajstić information content (AvgIpc) is 2.98. The minimum atomic E-state index is -1.61. The smallest absolute Gasteiger partial charge is 0.328 e. The van der Waals surface area contributed by atoms with Gasteiger partial charge in [0, 0.05) is 6.42 Å². The van der Waals surface area contributed by atoms with Gasteiger partial charge in [0.2, 0.25) is 23.5 Å². The first-order valence-electron chi connectivity index (χ1n) is 15.5. The number of carboxylic acid groups (broad SMARTS) is 1. The molecule has 0 saturated carbocycles. The Labute approximate surface area is 271 Å². The molecule has 2 aromatic carbocycles. The number of benzene rings is 2. The van der Waals surface area contributed by atoms with Gasteiger partial charge in [-0.05, 0) is 48.8 Å². The number of hydrogen-bond donors (Lipinski definition) is 5. The van der Waals surface area contributed by atoms with Gasteiger partial charge in [-0.3, -0.25) is 24.0 Å². The molecule has 0 aromatic heterocycles. The van der Waals surface area contributed by atoms with Crippen LogP contribution in [0.25, 0.3) is 0 Å². The maximum Gasteiger partial charge on any atom is 0.328 e. The number of amides is 4. The molecule has 250 valence electrons. The molecule has 2 aromatic rings. The number of nitrogens with one attached hydrogen (secondary N) is 4. The summed E-state index contributed by atoms with van der Waals surface area (Å²) < 4.78 is 0. The molecule has 0 aliphatic carbocycles. The molecule has 46 heavy (non-hydrogen) atoms. The van der Waals surface area contributed by atoms with E-state index in [1.165, 1.54) is 20.8 Å². The Kier molecular flexibility index (Phi) is 13.2. The summed E-state index contributed by atoms with van der Waals surface area (Å²) >= 11 is 0. The molecular weight excluding hydrogens is 588 g/mol. The maximum atomic E-state index is 13.5. The number of carbonyl (C=O) groups excluding carboxylic acids is 5. The van der Waals surface area contributed by atoms with Gasteiger partial charge >= 0.3 is 5.97 Å². The standard InChI is InChI=1S/C35H48N4O7/c1-9-21(2)28(31(43)39-35(7,8)33(45)46)38-32(44)29(41)22(3)36-30(42)26(37-27(40)20-23-13-11-10-12-14-23)19-24-15-17-25(18-16-24)34(4,5)6/h10-18,21-22,26,28H,9,19-20H2,1-8H3,(H,36,42)(H,37,40)(H,38,44)(H,39,43)(H,45,46). The van der Waals surface area contributed by atoms with E-state index >= 15 is 0 Å². The Morgan fingerprint density at radius 3 is 1.87 bits per heavy atom. The van der Waals surface area contributed by atoms with Crippen molar-refractivity contribution in [2.24, 2.45) is 5.92 Å². The lowest BCUT2D eigenvalue weighted by atomic mass is 9.86. The van der Waals surface area contributed by atoms with Crippen molar-refractivity contribution in [3.63, 3.8) is 0 Å². The molecule has 0 aliphatic heterocycles. The first-order chi connectivity index (χ1) is 21.3. The summed E-state index contributed by atoms with van der Waals surface area (Å²) in [6.07, 6.45) is 0.634. The van der Waals surface area contributed by atoms with Gasteiger partial charge in [0.15, 0.2) is 0 Å². The predicted octanol–water partition coefficient (Wildman–Crippen LogP) is 2.84. The van der Waals surface area contributed by atoms with Crippen molar-refractivity contribution in [2.75, 3.05) is 0 Å². The van der Waals surface area contributed by atoms with Gasteiger partial charge in [-0.15, -0.1) is 0 Å². The van der Waals surface area contributed by atoms with Gasteiger partial charge in [0.25, 0.3) is 5.91 Å². The third-order valence-corrected chi connectivity index (χ3v) is 7.85. The Hall–Kier alpha value is -4.54. The lowest BCUT2D eigenvalue weighted by Crippen LogP contribution is -2.60. The van der Waals surface area contributed by atoms with Crippen LogP contribution in [0.4, 0.5) is 0 Å². The molecule has 4 atom stereocenters. The second-order valence-corrected chi connectivity index (χ2v) is 13.3. The van der Waals surface area contributed by atoms with Crippen LogP contribution in [-0.4, -0.2) is 64.2 Å². The summed E-state index contributed by atoms with van der Waals surface area (Å²) in [7, 11) is 0. The summed E-state index contributed by atoms with van der Waals surface area (Å²) in [5.74, 6) is -5.61. The van der Waals surface area contributed by atoms with Gasteiger partial charge < -0.3 is 26.4 Å². The normalized spacial score (nSPS) is 14.2. The average molecular weight is 637 g/mol. The monoisotopic (exact) mass is 636 g/mol. The number of hydrogen-bond acceptors (Lipinski definition) is 6. The number of Topliss-reactive ketones (excluding diaryl/α,β-unsaturated/α-hetero) is 1. The molecule has 4 amide bonds. The van der Waals surface area contributed by atoms with Gasteiger partial charge in [0.05, 0.1) is 12.5 Å². The predicted molar refractivity (Wildman–Crippen MR) is 175 cm³/mol. The van der Waals surface area contributed by atoms with Crippen molar-refractivity contribution in [3.8, 4) is 0 Å². The van der Waals surface area contributed by atoms with Crippen LogP contribution < -0.4 is 21.3 Å². The van der Waals surface area contributed by atoms with Crippen LogP contribution in [0.2, 0.25) is 0 Å². The van der Waals surface area contributed by atoms with E-state index in [0.29, 0.717) is 6.42 Å². The van der Waals surface area contributed by atoms with Crippen molar-refractivity contribution < 1.29 is 33.9 Å².